The van der Waals surface area contributed by atoms with Crippen LogP contribution in [0.4, 0.5) is 4.39 Å². The third-order valence-electron chi connectivity index (χ3n) is 5.66. The topological polar surface area (TPSA) is 46.2 Å². The molecule has 3 atom stereocenters. The predicted octanol–water partition coefficient (Wildman–Crippen LogP) is 3.11. The minimum Gasteiger partial charge on any atom is -0.385 e. The molecule has 0 heterocycles. The summed E-state index contributed by atoms with van der Waals surface area (Å²) in [5.41, 5.74) is 6.35. The average Bonchev–Trinajstić information content (AvgIpc) is 2.79. The van der Waals surface area contributed by atoms with Crippen molar-refractivity contribution >= 4 is 0 Å². The minimum atomic E-state index is -0.951. The Morgan fingerprint density at radius 3 is 2.90 bits per heavy atom. The summed E-state index contributed by atoms with van der Waals surface area (Å²) in [6.45, 7) is 2.71. The molecule has 2 aliphatic carbocycles. The van der Waals surface area contributed by atoms with Gasteiger partial charge in [0.25, 0.3) is 0 Å². The van der Waals surface area contributed by atoms with Gasteiger partial charge < -0.3 is 10.8 Å². The molecule has 0 saturated heterocycles. The molecule has 0 aromatic heterocycles. The van der Waals surface area contributed by atoms with Crippen molar-refractivity contribution in [1.29, 1.82) is 0 Å². The molecule has 0 amide bonds. The lowest BCUT2D eigenvalue weighted by Crippen LogP contribution is -2.51. The van der Waals surface area contributed by atoms with E-state index in [4.69, 9.17) is 5.73 Å². The number of hydrogen-bond acceptors (Lipinski definition) is 2. The number of rotatable bonds is 2. The van der Waals surface area contributed by atoms with Gasteiger partial charge in [0.1, 0.15) is 5.82 Å². The first kappa shape index (κ1) is 14.0. The van der Waals surface area contributed by atoms with Gasteiger partial charge in [-0.2, -0.15) is 0 Å². The molecule has 3 rings (SSSR count). The smallest absolute Gasteiger partial charge is 0.126 e. The van der Waals surface area contributed by atoms with Crippen LogP contribution in [0.5, 0.6) is 0 Å². The largest absolute Gasteiger partial charge is 0.385 e. The molecule has 3 heteroatoms. The summed E-state index contributed by atoms with van der Waals surface area (Å²) < 4.78 is 14.0. The molecule has 0 aliphatic heterocycles. The van der Waals surface area contributed by atoms with Gasteiger partial charge >= 0.3 is 0 Å². The highest BCUT2D eigenvalue weighted by atomic mass is 19.1. The zero-order chi connectivity index (χ0) is 14.4. The van der Waals surface area contributed by atoms with Gasteiger partial charge in [-0.05, 0) is 48.8 Å². The Labute approximate surface area is 120 Å². The third kappa shape index (κ3) is 1.83. The monoisotopic (exact) mass is 277 g/mol. The fourth-order valence-electron chi connectivity index (χ4n) is 4.58. The standard InChI is InChI=1S/C17H24FNO/c1-12-4-3-8-16(10-12,11-19)17(20)9-7-13-14(17)5-2-6-15(13)18/h2,5-6,12,20H,3-4,7-11,19H2,1H3. The number of hydrogen-bond donors (Lipinski definition) is 2. The van der Waals surface area contributed by atoms with Crippen molar-refractivity contribution in [2.75, 3.05) is 6.54 Å². The van der Waals surface area contributed by atoms with Crippen LogP contribution in [0.15, 0.2) is 18.2 Å². The Morgan fingerprint density at radius 1 is 1.40 bits per heavy atom. The number of fused-ring (bicyclic) bond motifs is 1. The Hall–Kier alpha value is -0.930. The molecule has 0 radical (unpaired) electrons. The summed E-state index contributed by atoms with van der Waals surface area (Å²) in [4.78, 5) is 0. The van der Waals surface area contributed by atoms with Crippen molar-refractivity contribution in [3.8, 4) is 0 Å². The highest BCUT2D eigenvalue weighted by Crippen LogP contribution is 2.56. The maximum atomic E-state index is 14.0. The summed E-state index contributed by atoms with van der Waals surface area (Å²) >= 11 is 0. The van der Waals surface area contributed by atoms with E-state index in [2.05, 4.69) is 6.92 Å². The van der Waals surface area contributed by atoms with Crippen LogP contribution in [0.25, 0.3) is 0 Å². The van der Waals surface area contributed by atoms with Crippen molar-refractivity contribution in [1.82, 2.24) is 0 Å². The van der Waals surface area contributed by atoms with E-state index in [-0.39, 0.29) is 11.2 Å². The lowest BCUT2D eigenvalue weighted by molar-refractivity contribution is -0.113. The van der Waals surface area contributed by atoms with Gasteiger partial charge in [-0.1, -0.05) is 31.9 Å². The molecule has 3 N–H and O–H groups in total. The van der Waals surface area contributed by atoms with E-state index >= 15 is 0 Å². The van der Waals surface area contributed by atoms with Gasteiger partial charge in [0.2, 0.25) is 0 Å². The Balaban J connectivity index is 2.07. The van der Waals surface area contributed by atoms with Gasteiger partial charge in [-0.3, -0.25) is 0 Å². The van der Waals surface area contributed by atoms with Crippen LogP contribution < -0.4 is 5.73 Å². The van der Waals surface area contributed by atoms with E-state index in [1.54, 1.807) is 6.07 Å². The van der Waals surface area contributed by atoms with Crippen molar-refractivity contribution in [3.05, 3.63) is 35.1 Å². The van der Waals surface area contributed by atoms with Crippen molar-refractivity contribution in [2.45, 2.75) is 51.0 Å². The molecule has 1 aromatic rings. The minimum absolute atomic E-state index is 0.186. The molecule has 1 aromatic carbocycles. The summed E-state index contributed by atoms with van der Waals surface area (Å²) in [5, 5.41) is 11.4. The number of aliphatic hydroxyl groups is 1. The summed E-state index contributed by atoms with van der Waals surface area (Å²) in [6.07, 6.45) is 5.41. The summed E-state index contributed by atoms with van der Waals surface area (Å²) in [5.74, 6) is 0.392. The summed E-state index contributed by atoms with van der Waals surface area (Å²) in [6, 6.07) is 5.09. The Kier molecular flexibility index (Phi) is 3.38. The highest BCUT2D eigenvalue weighted by Gasteiger charge is 2.54. The molecular formula is C17H24FNO. The molecule has 20 heavy (non-hydrogen) atoms. The van der Waals surface area contributed by atoms with E-state index in [0.29, 0.717) is 30.9 Å². The van der Waals surface area contributed by atoms with E-state index in [1.165, 1.54) is 12.5 Å². The van der Waals surface area contributed by atoms with Crippen LogP contribution in [0, 0.1) is 17.2 Å². The molecule has 2 nitrogen and oxygen atoms in total. The van der Waals surface area contributed by atoms with Gasteiger partial charge in [0.05, 0.1) is 5.60 Å². The van der Waals surface area contributed by atoms with Gasteiger partial charge in [-0.25, -0.2) is 4.39 Å². The zero-order valence-corrected chi connectivity index (χ0v) is 12.2. The highest BCUT2D eigenvalue weighted by molar-refractivity contribution is 5.40. The predicted molar refractivity (Wildman–Crippen MR) is 77.7 cm³/mol. The van der Waals surface area contributed by atoms with Crippen LogP contribution in [0.1, 0.15) is 50.2 Å². The number of benzene rings is 1. The number of halogens is 1. The van der Waals surface area contributed by atoms with E-state index in [1.807, 2.05) is 6.07 Å². The fraction of sp³-hybridized carbons (Fsp3) is 0.647. The van der Waals surface area contributed by atoms with Crippen LogP contribution in [0.2, 0.25) is 0 Å². The molecular weight excluding hydrogens is 253 g/mol. The first-order valence-electron chi connectivity index (χ1n) is 7.73. The molecule has 0 spiro atoms. The van der Waals surface area contributed by atoms with Gasteiger partial charge in [-0.15, -0.1) is 0 Å². The second-order valence-corrected chi connectivity index (χ2v) is 6.81. The Bertz CT molecular complexity index is 518. The molecule has 1 fully saturated rings. The van der Waals surface area contributed by atoms with Crippen molar-refractivity contribution in [2.24, 2.45) is 17.1 Å². The summed E-state index contributed by atoms with van der Waals surface area (Å²) in [7, 11) is 0. The molecule has 3 unspecified atom stereocenters. The number of nitrogens with two attached hydrogens (primary N) is 1. The van der Waals surface area contributed by atoms with Crippen LogP contribution in [0.3, 0.4) is 0 Å². The molecule has 110 valence electrons. The van der Waals surface area contributed by atoms with Crippen LogP contribution >= 0.6 is 0 Å². The van der Waals surface area contributed by atoms with Crippen molar-refractivity contribution < 1.29 is 9.50 Å². The molecule has 2 aliphatic rings. The third-order valence-corrected chi connectivity index (χ3v) is 5.66. The van der Waals surface area contributed by atoms with Crippen LogP contribution in [-0.2, 0) is 12.0 Å². The second-order valence-electron chi connectivity index (χ2n) is 6.81. The molecule has 0 bridgehead atoms. The quantitative estimate of drug-likeness (QED) is 0.872. The average molecular weight is 277 g/mol. The lowest BCUT2D eigenvalue weighted by Gasteiger charge is -2.49. The van der Waals surface area contributed by atoms with E-state index < -0.39 is 5.60 Å². The normalized spacial score (nSPS) is 36.9. The Morgan fingerprint density at radius 2 is 2.20 bits per heavy atom. The van der Waals surface area contributed by atoms with Crippen LogP contribution in [-0.4, -0.2) is 11.7 Å². The maximum absolute atomic E-state index is 14.0. The fourth-order valence-corrected chi connectivity index (χ4v) is 4.58. The van der Waals surface area contributed by atoms with Gasteiger partial charge in [0.15, 0.2) is 0 Å². The SMILES string of the molecule is CC1CCCC(CN)(C2(O)CCc3c(F)cccc32)C1. The maximum Gasteiger partial charge on any atom is 0.126 e. The second kappa shape index (κ2) is 4.81. The zero-order valence-electron chi connectivity index (χ0n) is 12.2. The first-order valence-corrected chi connectivity index (χ1v) is 7.73. The van der Waals surface area contributed by atoms with Gasteiger partial charge in [0, 0.05) is 12.0 Å². The van der Waals surface area contributed by atoms with Crippen molar-refractivity contribution in [3.63, 3.8) is 0 Å². The van der Waals surface area contributed by atoms with E-state index in [0.717, 1.165) is 24.8 Å². The lowest BCUT2D eigenvalue weighted by atomic mass is 9.59. The molecule has 1 saturated carbocycles. The van der Waals surface area contributed by atoms with E-state index in [9.17, 15) is 9.50 Å². The first-order chi connectivity index (χ1) is 9.52.